The second-order valence-electron chi connectivity index (χ2n) is 17.7. The van der Waals surface area contributed by atoms with Gasteiger partial charge in [-0.05, 0) is 86.3 Å². The lowest BCUT2D eigenvalue weighted by atomic mass is 10.0. The number of nitro groups is 2. The normalized spacial score (nSPS) is 12.2. The first kappa shape index (κ1) is 59.5. The number of ether oxygens (including phenoxy) is 4. The third-order valence-electron chi connectivity index (χ3n) is 12.1. The van der Waals surface area contributed by atoms with Crippen LogP contribution in [0.3, 0.4) is 0 Å². The van der Waals surface area contributed by atoms with Gasteiger partial charge in [-0.15, -0.1) is 6.42 Å². The fourth-order valence-corrected chi connectivity index (χ4v) is 9.95. The predicted molar refractivity (Wildman–Crippen MR) is 310 cm³/mol. The number of hydrogen-bond donors (Lipinski definition) is 0. The molecule has 412 valence electrons. The molecular weight excluding hydrogens is 1240 g/mol. The van der Waals surface area contributed by atoms with Gasteiger partial charge in [0.2, 0.25) is 0 Å². The van der Waals surface area contributed by atoms with E-state index in [1.807, 2.05) is 0 Å². The van der Waals surface area contributed by atoms with E-state index in [1.165, 1.54) is 38.5 Å². The van der Waals surface area contributed by atoms with Crippen LogP contribution in [0.1, 0.15) is 97.6 Å². The van der Waals surface area contributed by atoms with Crippen molar-refractivity contribution in [1.29, 1.82) is 0 Å². The zero-order valence-corrected chi connectivity index (χ0v) is 48.3. The molecule has 0 spiro atoms. The lowest BCUT2D eigenvalue weighted by Crippen LogP contribution is -2.03. The van der Waals surface area contributed by atoms with Gasteiger partial charge in [0.15, 0.2) is 0 Å². The molecule has 16 nitrogen and oxygen atoms in total. The topological polar surface area (TPSA) is 209 Å². The highest BCUT2D eigenvalue weighted by molar-refractivity contribution is 9.10. The summed E-state index contributed by atoms with van der Waals surface area (Å²) in [4.78, 5) is 43.5. The summed E-state index contributed by atoms with van der Waals surface area (Å²) in [7, 11) is 2.41. The molecule has 0 aliphatic heterocycles. The fraction of sp³-hybridized carbons (Fsp3) is 0.172. The number of nitro benzene ring substituents is 2. The van der Waals surface area contributed by atoms with Crippen LogP contribution in [0.5, 0.6) is 11.5 Å². The first-order valence-corrected chi connectivity index (χ1v) is 27.0. The Kier molecular flexibility index (Phi) is 19.7. The molecule has 0 N–H and O–H groups in total. The van der Waals surface area contributed by atoms with Crippen LogP contribution in [0, 0.1) is 44.4 Å². The summed E-state index contributed by atoms with van der Waals surface area (Å²) in [6.45, 7) is 0.412. The molecule has 10 rings (SSSR count). The van der Waals surface area contributed by atoms with E-state index < -0.39 is 21.8 Å². The average molecular weight is 1280 g/mol. The van der Waals surface area contributed by atoms with Gasteiger partial charge < -0.3 is 28.0 Å². The molecule has 0 bridgehead atoms. The number of aromatic nitrogens is 2. The number of halogens is 7. The number of rotatable bonds is 14. The summed E-state index contributed by atoms with van der Waals surface area (Å²) < 4.78 is 32.9. The lowest BCUT2D eigenvalue weighted by Gasteiger charge is -2.10. The Hall–Kier alpha value is -7.58. The zero-order valence-electron chi connectivity index (χ0n) is 42.2. The predicted octanol–water partition coefficient (Wildman–Crippen LogP) is 16.7. The van der Waals surface area contributed by atoms with Crippen molar-refractivity contribution in [1.82, 2.24) is 10.3 Å². The highest BCUT2D eigenvalue weighted by Crippen LogP contribution is 2.48. The minimum atomic E-state index is -0.705. The van der Waals surface area contributed by atoms with E-state index in [-0.39, 0.29) is 47.2 Å². The summed E-state index contributed by atoms with van der Waals surface area (Å²) in [5, 5.41) is 33.0. The monoisotopic (exact) mass is 1270 g/mol. The van der Waals surface area contributed by atoms with Gasteiger partial charge in [0, 0.05) is 80.5 Å². The van der Waals surface area contributed by atoms with Crippen LogP contribution in [0.15, 0.2) is 123 Å². The summed E-state index contributed by atoms with van der Waals surface area (Å²) in [6, 6.07) is 28.5. The molecular formula is C58H39BrCl6N4O12. The third kappa shape index (κ3) is 14.9. The number of terminal acetylenes is 1. The number of benzene rings is 6. The first-order chi connectivity index (χ1) is 38.9. The van der Waals surface area contributed by atoms with Crippen LogP contribution in [-0.4, -0.2) is 46.3 Å². The van der Waals surface area contributed by atoms with Crippen LogP contribution in [0.25, 0.3) is 22.5 Å². The van der Waals surface area contributed by atoms with E-state index in [2.05, 4.69) is 53.5 Å². The van der Waals surface area contributed by atoms with Gasteiger partial charge in [0.05, 0.1) is 76.5 Å². The molecule has 0 atom stereocenters. The molecule has 6 aromatic carbocycles. The maximum absolute atomic E-state index is 11.9. The molecule has 8 aromatic rings. The molecule has 2 fully saturated rings. The van der Waals surface area contributed by atoms with Crippen molar-refractivity contribution < 1.29 is 47.4 Å². The highest BCUT2D eigenvalue weighted by atomic mass is 79.9. The quantitative estimate of drug-likeness (QED) is 0.0429. The molecule has 81 heavy (non-hydrogen) atoms. The molecule has 2 heterocycles. The van der Waals surface area contributed by atoms with Gasteiger partial charge in [-0.2, -0.15) is 0 Å². The van der Waals surface area contributed by atoms with Crippen LogP contribution < -0.4 is 9.47 Å². The van der Waals surface area contributed by atoms with Crippen molar-refractivity contribution >= 4 is 109 Å². The SMILES string of the molecule is C#Cc1ccc(OCc2c(-c3c(Cl)cccc3Cl)noc2C2CC2)cc1Cl.COC(=O)c1cc(Br)cc([N+](=O)[O-])c1.COC(=O)c1cc(C#Cc2ccc(OCc3c(-c4c(Cl)cccc4Cl)noc3C3CC3)cc2Cl)cc([N+](=O)[O-])c1. The molecule has 2 aliphatic carbocycles. The number of non-ortho nitro benzene ring substituents is 2. The third-order valence-corrected chi connectivity index (χ3v) is 14.5. The van der Waals surface area contributed by atoms with E-state index in [0.717, 1.165) is 60.5 Å². The fourth-order valence-electron chi connectivity index (χ4n) is 7.88. The van der Waals surface area contributed by atoms with E-state index in [1.54, 1.807) is 72.8 Å². The summed E-state index contributed by atoms with van der Waals surface area (Å²) in [6.07, 6.45) is 9.55. The molecule has 0 radical (unpaired) electrons. The molecule has 0 amide bonds. The molecule has 2 saturated carbocycles. The van der Waals surface area contributed by atoms with Crippen molar-refractivity contribution in [2.75, 3.05) is 14.2 Å². The zero-order chi connectivity index (χ0) is 58.1. The highest BCUT2D eigenvalue weighted by Gasteiger charge is 2.35. The van der Waals surface area contributed by atoms with Crippen molar-refractivity contribution in [3.05, 3.63) is 214 Å². The number of esters is 2. The van der Waals surface area contributed by atoms with Gasteiger partial charge in [0.1, 0.15) is 47.6 Å². The largest absolute Gasteiger partial charge is 0.489 e. The summed E-state index contributed by atoms with van der Waals surface area (Å²) in [5.41, 5.74) is 5.08. The Balaban J connectivity index is 0.000000180. The summed E-state index contributed by atoms with van der Waals surface area (Å²) >= 11 is 41.3. The minimum Gasteiger partial charge on any atom is -0.489 e. The molecule has 0 saturated heterocycles. The maximum Gasteiger partial charge on any atom is 0.338 e. The van der Waals surface area contributed by atoms with Gasteiger partial charge in [0.25, 0.3) is 11.4 Å². The van der Waals surface area contributed by atoms with Gasteiger partial charge in [-0.25, -0.2) is 9.59 Å². The average Bonchev–Trinajstić information content (AvgIpc) is 4.59. The van der Waals surface area contributed by atoms with Crippen molar-refractivity contribution in [3.8, 4) is 58.2 Å². The molecule has 0 unspecified atom stereocenters. The minimum absolute atomic E-state index is 0.0209. The number of hydrogen-bond acceptors (Lipinski definition) is 14. The standard InChI is InChI=1S/C29H19Cl3N2O6.C21H14Cl3NO2.C8H6BrNO4/c1-38-29(35)19-11-16(12-20(13-19)34(36)37)5-6-17-9-10-21(14-25(17)32)39-15-22-27(33-40-28(22)18-7-8-18)26-23(30)3-2-4-24(26)31;1-2-12-8-9-14(10-18(12)24)26-11-15-20(25-27-21(15)13-6-7-13)19-16(22)4-3-5-17(19)23;1-14-8(11)5-2-6(9)4-7(3-5)10(12)13/h2-4,9-14,18H,7-8,15H2,1H3;1,3-5,8-10,13H,6-7,11H2;2-4H,1H3. The molecule has 23 heteroatoms. The van der Waals surface area contributed by atoms with Gasteiger partial charge in [-0.3, -0.25) is 20.2 Å². The van der Waals surface area contributed by atoms with Crippen LogP contribution in [0.4, 0.5) is 11.4 Å². The van der Waals surface area contributed by atoms with E-state index in [4.69, 9.17) is 94.5 Å². The van der Waals surface area contributed by atoms with E-state index in [9.17, 15) is 29.8 Å². The maximum atomic E-state index is 11.9. The van der Waals surface area contributed by atoms with Crippen LogP contribution in [0.2, 0.25) is 30.1 Å². The van der Waals surface area contributed by atoms with E-state index >= 15 is 0 Å². The van der Waals surface area contributed by atoms with Crippen molar-refractivity contribution in [2.45, 2.75) is 50.7 Å². The Morgan fingerprint density at radius 3 is 1.44 bits per heavy atom. The number of methoxy groups -OCH3 is 2. The second-order valence-corrected chi connectivity index (χ2v) is 21.1. The second kappa shape index (κ2) is 26.8. The Morgan fingerprint density at radius 2 is 1.04 bits per heavy atom. The first-order valence-electron chi connectivity index (χ1n) is 24.0. The Morgan fingerprint density at radius 1 is 0.605 bits per heavy atom. The lowest BCUT2D eigenvalue weighted by molar-refractivity contribution is -0.385. The number of carbonyl (C=O) groups excluding carboxylic acids is 2. The number of carbonyl (C=O) groups is 2. The van der Waals surface area contributed by atoms with Crippen molar-refractivity contribution in [2.24, 2.45) is 0 Å². The molecule has 2 aromatic heterocycles. The van der Waals surface area contributed by atoms with Gasteiger partial charge in [-0.1, -0.05) is 126 Å². The van der Waals surface area contributed by atoms with Crippen molar-refractivity contribution in [3.63, 3.8) is 0 Å². The number of nitrogens with zero attached hydrogens (tertiary/aromatic N) is 4. The van der Waals surface area contributed by atoms with Crippen LogP contribution >= 0.6 is 85.5 Å². The molecule has 2 aliphatic rings. The Bertz CT molecular complexity index is 3820. The smallest absolute Gasteiger partial charge is 0.338 e. The summed E-state index contributed by atoms with van der Waals surface area (Å²) in [5.74, 6) is 10.2. The van der Waals surface area contributed by atoms with E-state index in [0.29, 0.717) is 85.7 Å². The van der Waals surface area contributed by atoms with Gasteiger partial charge >= 0.3 is 11.9 Å². The Labute approximate surface area is 500 Å². The van der Waals surface area contributed by atoms with Crippen LogP contribution in [-0.2, 0) is 22.7 Å².